The van der Waals surface area contributed by atoms with Crippen LogP contribution in [0.25, 0.3) is 0 Å². The minimum absolute atomic E-state index is 0.634. The van der Waals surface area contributed by atoms with E-state index in [0.29, 0.717) is 16.8 Å². The van der Waals surface area contributed by atoms with Crippen LogP contribution in [0.2, 0.25) is 5.02 Å². The first-order chi connectivity index (χ1) is 13.2. The lowest BCUT2D eigenvalue weighted by Gasteiger charge is -2.36. The number of hydrogen-bond acceptors (Lipinski definition) is 6. The van der Waals surface area contributed by atoms with E-state index >= 15 is 0 Å². The highest BCUT2D eigenvalue weighted by molar-refractivity contribution is 6.33. The summed E-state index contributed by atoms with van der Waals surface area (Å²) in [5.74, 6) is 1.27. The lowest BCUT2D eigenvalue weighted by Crippen LogP contribution is -2.47. The standard InChI is InChI=1S/C20H21ClN6/c1-15-5-4-6-16(13-15)26-9-11-27(12-10-26)20-24-19(14-22-25-20)23-18-8-3-2-7-17(18)21/h2-8,13-14H,9-12H2,1H3,(H,23,24,25). The quantitative estimate of drug-likeness (QED) is 0.740. The van der Waals surface area contributed by atoms with Gasteiger partial charge in [-0.15, -0.1) is 5.10 Å². The highest BCUT2D eigenvalue weighted by Gasteiger charge is 2.20. The molecule has 3 aromatic rings. The molecule has 1 N–H and O–H groups in total. The van der Waals surface area contributed by atoms with E-state index in [4.69, 9.17) is 11.6 Å². The average molecular weight is 381 g/mol. The number of para-hydroxylation sites is 1. The first-order valence-electron chi connectivity index (χ1n) is 8.97. The van der Waals surface area contributed by atoms with Crippen LogP contribution in [0.1, 0.15) is 5.56 Å². The second kappa shape index (κ2) is 7.80. The molecule has 0 atom stereocenters. The number of hydrogen-bond donors (Lipinski definition) is 1. The Morgan fingerprint density at radius 2 is 1.74 bits per heavy atom. The molecule has 0 spiro atoms. The fourth-order valence-electron chi connectivity index (χ4n) is 3.18. The first kappa shape index (κ1) is 17.5. The van der Waals surface area contributed by atoms with Crippen molar-refractivity contribution in [3.8, 4) is 0 Å². The Balaban J connectivity index is 1.43. The first-order valence-corrected chi connectivity index (χ1v) is 9.35. The molecule has 0 aliphatic carbocycles. The zero-order valence-corrected chi connectivity index (χ0v) is 15.9. The molecule has 7 heteroatoms. The van der Waals surface area contributed by atoms with Crippen LogP contribution in [-0.4, -0.2) is 41.4 Å². The van der Waals surface area contributed by atoms with E-state index in [9.17, 15) is 0 Å². The Hall–Kier alpha value is -2.86. The normalized spacial score (nSPS) is 14.3. The SMILES string of the molecule is Cc1cccc(N2CCN(c3nncc(Nc4ccccc4Cl)n3)CC2)c1. The van der Waals surface area contributed by atoms with Crippen molar-refractivity contribution in [3.05, 3.63) is 65.3 Å². The summed E-state index contributed by atoms with van der Waals surface area (Å²) in [5.41, 5.74) is 3.35. The van der Waals surface area contributed by atoms with Gasteiger partial charge in [0.25, 0.3) is 0 Å². The highest BCUT2D eigenvalue weighted by atomic mass is 35.5. The minimum atomic E-state index is 0.634. The number of rotatable bonds is 4. The predicted octanol–water partition coefficient (Wildman–Crippen LogP) is 3.90. The molecule has 0 bridgehead atoms. The maximum absolute atomic E-state index is 6.21. The Morgan fingerprint density at radius 1 is 0.963 bits per heavy atom. The topological polar surface area (TPSA) is 57.2 Å². The van der Waals surface area contributed by atoms with Gasteiger partial charge in [-0.25, -0.2) is 0 Å². The molecule has 138 valence electrons. The monoisotopic (exact) mass is 380 g/mol. The van der Waals surface area contributed by atoms with Crippen LogP contribution in [0.4, 0.5) is 23.1 Å². The highest BCUT2D eigenvalue weighted by Crippen LogP contribution is 2.24. The number of aromatic nitrogens is 3. The third-order valence-electron chi connectivity index (χ3n) is 4.61. The molecule has 1 aliphatic rings. The fourth-order valence-corrected chi connectivity index (χ4v) is 3.36. The van der Waals surface area contributed by atoms with Crippen molar-refractivity contribution in [2.45, 2.75) is 6.92 Å². The molecular formula is C20H21ClN6. The fraction of sp³-hybridized carbons (Fsp3) is 0.250. The Bertz CT molecular complexity index is 924. The van der Waals surface area contributed by atoms with E-state index < -0.39 is 0 Å². The predicted molar refractivity (Wildman–Crippen MR) is 110 cm³/mol. The molecule has 0 saturated carbocycles. The Labute approximate surface area is 163 Å². The van der Waals surface area contributed by atoms with Crippen molar-refractivity contribution in [3.63, 3.8) is 0 Å². The van der Waals surface area contributed by atoms with Gasteiger partial charge < -0.3 is 15.1 Å². The van der Waals surface area contributed by atoms with E-state index in [1.165, 1.54) is 11.3 Å². The summed E-state index contributed by atoms with van der Waals surface area (Å²) in [6.45, 7) is 5.68. The van der Waals surface area contributed by atoms with Gasteiger partial charge in [-0.05, 0) is 36.8 Å². The number of halogens is 1. The second-order valence-corrected chi connectivity index (χ2v) is 6.97. The maximum Gasteiger partial charge on any atom is 0.247 e. The lowest BCUT2D eigenvalue weighted by molar-refractivity contribution is 0.635. The van der Waals surface area contributed by atoms with Crippen LogP contribution in [0.3, 0.4) is 0 Å². The minimum Gasteiger partial charge on any atom is -0.368 e. The summed E-state index contributed by atoms with van der Waals surface area (Å²) in [6.07, 6.45) is 1.61. The Kier molecular flexibility index (Phi) is 5.07. The molecule has 0 radical (unpaired) electrons. The van der Waals surface area contributed by atoms with E-state index in [1.807, 2.05) is 24.3 Å². The van der Waals surface area contributed by atoms with Crippen molar-refractivity contribution in [2.24, 2.45) is 0 Å². The molecule has 0 unspecified atom stereocenters. The van der Waals surface area contributed by atoms with Gasteiger partial charge in [0.2, 0.25) is 5.95 Å². The van der Waals surface area contributed by atoms with Crippen LogP contribution in [0, 0.1) is 6.92 Å². The zero-order chi connectivity index (χ0) is 18.6. The molecule has 2 aromatic carbocycles. The number of aryl methyl sites for hydroxylation is 1. The van der Waals surface area contributed by atoms with E-state index in [0.717, 1.165) is 31.9 Å². The van der Waals surface area contributed by atoms with Crippen molar-refractivity contribution >= 4 is 34.7 Å². The van der Waals surface area contributed by atoms with Gasteiger partial charge in [-0.2, -0.15) is 10.1 Å². The zero-order valence-electron chi connectivity index (χ0n) is 15.1. The summed E-state index contributed by atoms with van der Waals surface area (Å²) in [7, 11) is 0. The van der Waals surface area contributed by atoms with Crippen LogP contribution in [-0.2, 0) is 0 Å². The molecule has 1 aromatic heterocycles. The van der Waals surface area contributed by atoms with Crippen molar-refractivity contribution in [2.75, 3.05) is 41.3 Å². The van der Waals surface area contributed by atoms with Gasteiger partial charge >= 0.3 is 0 Å². The van der Waals surface area contributed by atoms with Gasteiger partial charge in [0.15, 0.2) is 5.82 Å². The third kappa shape index (κ3) is 4.11. The molecule has 6 nitrogen and oxygen atoms in total. The number of anilines is 4. The van der Waals surface area contributed by atoms with Crippen LogP contribution in [0.15, 0.2) is 54.7 Å². The number of benzene rings is 2. The number of nitrogens with zero attached hydrogens (tertiary/aromatic N) is 5. The van der Waals surface area contributed by atoms with Crippen molar-refractivity contribution in [1.82, 2.24) is 15.2 Å². The molecule has 2 heterocycles. The van der Waals surface area contributed by atoms with Gasteiger partial charge in [0.05, 0.1) is 16.9 Å². The average Bonchev–Trinajstić information content (AvgIpc) is 2.70. The summed E-state index contributed by atoms with van der Waals surface area (Å²) in [4.78, 5) is 9.16. The molecule has 4 rings (SSSR count). The second-order valence-electron chi connectivity index (χ2n) is 6.56. The number of nitrogens with one attached hydrogen (secondary N) is 1. The molecule has 1 fully saturated rings. The van der Waals surface area contributed by atoms with E-state index in [1.54, 1.807) is 6.20 Å². The summed E-state index contributed by atoms with van der Waals surface area (Å²) in [5, 5.41) is 12.2. The van der Waals surface area contributed by atoms with Crippen molar-refractivity contribution < 1.29 is 0 Å². The van der Waals surface area contributed by atoms with Crippen molar-refractivity contribution in [1.29, 1.82) is 0 Å². The largest absolute Gasteiger partial charge is 0.368 e. The van der Waals surface area contributed by atoms with Gasteiger partial charge in [-0.1, -0.05) is 35.9 Å². The summed E-state index contributed by atoms with van der Waals surface area (Å²) in [6, 6.07) is 16.2. The van der Waals surface area contributed by atoms with Crippen LogP contribution < -0.4 is 15.1 Å². The molecule has 1 saturated heterocycles. The summed E-state index contributed by atoms with van der Waals surface area (Å²) >= 11 is 6.21. The smallest absolute Gasteiger partial charge is 0.247 e. The molecule has 1 aliphatic heterocycles. The molecular weight excluding hydrogens is 360 g/mol. The van der Waals surface area contributed by atoms with E-state index in [-0.39, 0.29) is 0 Å². The molecule has 27 heavy (non-hydrogen) atoms. The van der Waals surface area contributed by atoms with Gasteiger partial charge in [-0.3, -0.25) is 0 Å². The van der Waals surface area contributed by atoms with Gasteiger partial charge in [0, 0.05) is 31.9 Å². The van der Waals surface area contributed by atoms with Crippen LogP contribution >= 0.6 is 11.6 Å². The lowest BCUT2D eigenvalue weighted by atomic mass is 10.2. The third-order valence-corrected chi connectivity index (χ3v) is 4.94. The maximum atomic E-state index is 6.21. The van der Waals surface area contributed by atoms with Gasteiger partial charge in [0.1, 0.15) is 0 Å². The number of piperazine rings is 1. The Morgan fingerprint density at radius 3 is 2.52 bits per heavy atom. The molecule has 0 amide bonds. The summed E-state index contributed by atoms with van der Waals surface area (Å²) < 4.78 is 0. The van der Waals surface area contributed by atoms with Crippen LogP contribution in [0.5, 0.6) is 0 Å². The van der Waals surface area contributed by atoms with E-state index in [2.05, 4.69) is 61.5 Å².